The predicted molar refractivity (Wildman–Crippen MR) is 119 cm³/mol. The van der Waals surface area contributed by atoms with E-state index in [9.17, 15) is 5.26 Å². The number of benzene rings is 2. The van der Waals surface area contributed by atoms with Crippen molar-refractivity contribution in [3.63, 3.8) is 0 Å². The Kier molecular flexibility index (Phi) is 5.21. The van der Waals surface area contributed by atoms with Crippen molar-refractivity contribution in [2.75, 3.05) is 13.1 Å². The van der Waals surface area contributed by atoms with Crippen LogP contribution in [0.25, 0.3) is 28.2 Å². The van der Waals surface area contributed by atoms with E-state index in [4.69, 9.17) is 9.72 Å². The molecule has 1 saturated heterocycles. The number of aryl methyl sites for hydroxylation is 1. The van der Waals surface area contributed by atoms with Crippen molar-refractivity contribution in [1.29, 1.82) is 5.26 Å². The van der Waals surface area contributed by atoms with Crippen molar-refractivity contribution < 1.29 is 4.74 Å². The van der Waals surface area contributed by atoms with Crippen molar-refractivity contribution in [2.45, 2.75) is 26.1 Å². The number of nitrogens with zero attached hydrogens (tertiary/aromatic N) is 4. The lowest BCUT2D eigenvalue weighted by molar-refractivity contribution is 0.0527. The Hall–Kier alpha value is -3.53. The van der Waals surface area contributed by atoms with Gasteiger partial charge in [0, 0.05) is 30.1 Å². The molecule has 6 heteroatoms. The summed E-state index contributed by atoms with van der Waals surface area (Å²) in [5.41, 5.74) is 7.29. The average Bonchev–Trinajstić information content (AvgIpc) is 3.50. The number of fused-ring (bicyclic) bond motifs is 1. The molecule has 4 aromatic rings. The topological polar surface area (TPSA) is 75.2 Å². The highest BCUT2D eigenvalue weighted by Gasteiger charge is 2.20. The summed E-state index contributed by atoms with van der Waals surface area (Å²) in [7, 11) is 0. The largest absolute Gasteiger partial charge is 0.370 e. The van der Waals surface area contributed by atoms with Gasteiger partial charge in [-0.25, -0.2) is 9.97 Å². The number of rotatable bonds is 5. The monoisotopic (exact) mass is 409 g/mol. The molecule has 0 unspecified atom stereocenters. The minimum atomic E-state index is 0.201. The van der Waals surface area contributed by atoms with E-state index in [1.54, 1.807) is 6.20 Å². The van der Waals surface area contributed by atoms with Gasteiger partial charge in [0.25, 0.3) is 0 Å². The molecule has 2 aromatic carbocycles. The molecule has 1 fully saturated rings. The number of aromatic nitrogens is 3. The second-order valence-corrected chi connectivity index (χ2v) is 7.86. The molecular formula is C25H23N5O. The molecule has 3 heterocycles. The Labute approximate surface area is 181 Å². The van der Waals surface area contributed by atoms with Gasteiger partial charge in [-0.3, -0.25) is 4.40 Å². The molecule has 1 aliphatic heterocycles. The van der Waals surface area contributed by atoms with Crippen LogP contribution < -0.4 is 5.32 Å². The maximum atomic E-state index is 9.19. The fraction of sp³-hybridized carbons (Fsp3) is 0.240. The van der Waals surface area contributed by atoms with Crippen LogP contribution in [-0.2, 0) is 11.3 Å². The molecule has 5 rings (SSSR count). The van der Waals surface area contributed by atoms with Gasteiger partial charge in [-0.2, -0.15) is 5.26 Å². The number of nitriles is 1. The number of hydrogen-bond acceptors (Lipinski definition) is 5. The zero-order valence-corrected chi connectivity index (χ0v) is 17.4. The zero-order valence-electron chi connectivity index (χ0n) is 17.4. The van der Waals surface area contributed by atoms with Gasteiger partial charge in [-0.15, -0.1) is 0 Å². The van der Waals surface area contributed by atoms with Crippen molar-refractivity contribution in [1.82, 2.24) is 19.7 Å². The second-order valence-electron chi connectivity index (χ2n) is 7.86. The van der Waals surface area contributed by atoms with Crippen molar-refractivity contribution >= 4 is 5.65 Å². The molecule has 154 valence electrons. The summed E-state index contributed by atoms with van der Waals surface area (Å²) in [4.78, 5) is 9.64. The van der Waals surface area contributed by atoms with Crippen LogP contribution in [-0.4, -0.2) is 33.6 Å². The van der Waals surface area contributed by atoms with Gasteiger partial charge in [-0.05, 0) is 32.0 Å². The van der Waals surface area contributed by atoms with Gasteiger partial charge < -0.3 is 10.1 Å². The molecule has 0 spiro atoms. The van der Waals surface area contributed by atoms with Crippen LogP contribution in [0.3, 0.4) is 0 Å². The highest BCUT2D eigenvalue weighted by atomic mass is 16.5. The average molecular weight is 409 g/mol. The lowest BCUT2D eigenvalue weighted by Gasteiger charge is -2.17. The Morgan fingerprint density at radius 3 is 2.61 bits per heavy atom. The van der Waals surface area contributed by atoms with E-state index < -0.39 is 0 Å². The lowest BCUT2D eigenvalue weighted by atomic mass is 10.0. The van der Waals surface area contributed by atoms with E-state index in [0.29, 0.717) is 12.2 Å². The third kappa shape index (κ3) is 3.81. The van der Waals surface area contributed by atoms with Crippen LogP contribution in [0.1, 0.15) is 23.2 Å². The van der Waals surface area contributed by atoms with Crippen LogP contribution in [0.2, 0.25) is 0 Å². The van der Waals surface area contributed by atoms with Crippen molar-refractivity contribution in [3.8, 4) is 28.6 Å². The van der Waals surface area contributed by atoms with Gasteiger partial charge in [0.05, 0.1) is 35.7 Å². The first-order valence-electron chi connectivity index (χ1n) is 10.5. The first kappa shape index (κ1) is 19.4. The summed E-state index contributed by atoms with van der Waals surface area (Å²) in [6.45, 7) is 4.34. The minimum absolute atomic E-state index is 0.201. The second kappa shape index (κ2) is 8.31. The summed E-state index contributed by atoms with van der Waals surface area (Å²) in [5, 5.41) is 12.5. The van der Waals surface area contributed by atoms with Gasteiger partial charge in [-0.1, -0.05) is 42.0 Å². The summed E-state index contributed by atoms with van der Waals surface area (Å²) in [5.74, 6) is 0. The molecule has 0 amide bonds. The van der Waals surface area contributed by atoms with Crippen LogP contribution in [0.5, 0.6) is 0 Å². The quantitative estimate of drug-likeness (QED) is 0.537. The van der Waals surface area contributed by atoms with Gasteiger partial charge in [0.2, 0.25) is 0 Å². The summed E-state index contributed by atoms with van der Waals surface area (Å²) >= 11 is 0. The molecule has 6 nitrogen and oxygen atoms in total. The number of imidazole rings is 1. The number of ether oxygens (including phenoxy) is 1. The van der Waals surface area contributed by atoms with E-state index in [0.717, 1.165) is 53.4 Å². The van der Waals surface area contributed by atoms with Gasteiger partial charge in [0.1, 0.15) is 5.69 Å². The fourth-order valence-electron chi connectivity index (χ4n) is 4.00. The molecule has 1 aliphatic rings. The van der Waals surface area contributed by atoms with Crippen LogP contribution in [0.4, 0.5) is 0 Å². The van der Waals surface area contributed by atoms with Crippen molar-refractivity contribution in [3.05, 3.63) is 77.7 Å². The number of nitrogens with one attached hydrogen (secondary N) is 1. The molecule has 0 bridgehead atoms. The molecule has 31 heavy (non-hydrogen) atoms. The van der Waals surface area contributed by atoms with Crippen LogP contribution in [0.15, 0.2) is 60.9 Å². The van der Waals surface area contributed by atoms with E-state index in [1.807, 2.05) is 30.5 Å². The molecule has 1 atom stereocenters. The van der Waals surface area contributed by atoms with Gasteiger partial charge >= 0.3 is 0 Å². The smallest absolute Gasteiger partial charge is 0.161 e. The first-order chi connectivity index (χ1) is 15.2. The summed E-state index contributed by atoms with van der Waals surface area (Å²) in [6, 6.07) is 18.2. The third-order valence-electron chi connectivity index (χ3n) is 5.69. The van der Waals surface area contributed by atoms with Crippen LogP contribution in [0, 0.1) is 18.3 Å². The molecule has 1 N–H and O–H groups in total. The highest BCUT2D eigenvalue weighted by molar-refractivity contribution is 5.81. The molecule has 0 radical (unpaired) electrons. The van der Waals surface area contributed by atoms with E-state index in [2.05, 4.69) is 52.0 Å². The third-order valence-corrected chi connectivity index (χ3v) is 5.69. The standard InChI is InChI=1S/C25H23N5O/c1-17-2-6-20(7-3-17)24-23(19-8-4-18(14-26)5-9-19)29-22(25-28-12-13-30(24)25)16-31-21-10-11-27-15-21/h2-9,12-13,21,27H,10-11,15-16H2,1H3/t21-/m1/s1. The Morgan fingerprint density at radius 2 is 1.90 bits per heavy atom. The van der Waals surface area contributed by atoms with Crippen molar-refractivity contribution in [2.24, 2.45) is 0 Å². The van der Waals surface area contributed by atoms with E-state index in [1.165, 1.54) is 5.56 Å². The van der Waals surface area contributed by atoms with Gasteiger partial charge in [0.15, 0.2) is 5.65 Å². The first-order valence-corrected chi connectivity index (χ1v) is 10.5. The minimum Gasteiger partial charge on any atom is -0.370 e. The normalized spacial score (nSPS) is 15.9. The predicted octanol–water partition coefficient (Wildman–Crippen LogP) is 4.12. The summed E-state index contributed by atoms with van der Waals surface area (Å²) < 4.78 is 8.23. The van der Waals surface area contributed by atoms with E-state index in [-0.39, 0.29) is 6.10 Å². The molecule has 0 aliphatic carbocycles. The zero-order chi connectivity index (χ0) is 21.2. The Balaban J connectivity index is 1.67. The fourth-order valence-corrected chi connectivity index (χ4v) is 4.00. The lowest BCUT2D eigenvalue weighted by Crippen LogP contribution is -2.17. The summed E-state index contributed by atoms with van der Waals surface area (Å²) in [6.07, 6.45) is 4.99. The molecular weight excluding hydrogens is 386 g/mol. The Morgan fingerprint density at radius 1 is 1.13 bits per heavy atom. The SMILES string of the molecule is Cc1ccc(-c2c(-c3ccc(C#N)cc3)nc(CO[C@@H]3CCNC3)c3nccn23)cc1. The number of hydrogen-bond donors (Lipinski definition) is 1. The van der Waals surface area contributed by atoms with Crippen LogP contribution >= 0.6 is 0 Å². The highest BCUT2D eigenvalue weighted by Crippen LogP contribution is 2.33. The van der Waals surface area contributed by atoms with E-state index >= 15 is 0 Å². The maximum Gasteiger partial charge on any atom is 0.161 e. The maximum absolute atomic E-state index is 9.19. The molecule has 0 saturated carbocycles. The Bertz CT molecular complexity index is 1250. The molecule has 2 aromatic heterocycles.